The molecule has 1 atom stereocenters. The molecule has 0 bridgehead atoms. The van der Waals surface area contributed by atoms with E-state index in [-0.39, 0.29) is 5.91 Å². The van der Waals surface area contributed by atoms with Gasteiger partial charge in [0.25, 0.3) is 0 Å². The molecule has 20 heavy (non-hydrogen) atoms. The predicted molar refractivity (Wildman–Crippen MR) is 84.0 cm³/mol. The largest absolute Gasteiger partial charge is 0.399 e. The van der Waals surface area contributed by atoms with Crippen molar-refractivity contribution in [1.82, 2.24) is 4.90 Å². The van der Waals surface area contributed by atoms with Gasteiger partial charge in [0.1, 0.15) is 0 Å². The lowest BCUT2D eigenvalue weighted by molar-refractivity contribution is -0.116. The van der Waals surface area contributed by atoms with Gasteiger partial charge in [-0.3, -0.25) is 4.79 Å². The third kappa shape index (κ3) is 4.12. The quantitative estimate of drug-likeness (QED) is 0.821. The van der Waals surface area contributed by atoms with E-state index >= 15 is 0 Å². The highest BCUT2D eigenvalue weighted by Gasteiger charge is 2.19. The summed E-state index contributed by atoms with van der Waals surface area (Å²) in [4.78, 5) is 14.3. The van der Waals surface area contributed by atoms with Crippen LogP contribution in [0.15, 0.2) is 18.2 Å². The molecule has 0 radical (unpaired) electrons. The fraction of sp³-hybridized carbons (Fsp3) is 0.533. The maximum absolute atomic E-state index is 11.9. The Morgan fingerprint density at radius 3 is 3.00 bits per heavy atom. The average Bonchev–Trinajstić information content (AvgIpc) is 2.79. The number of nitrogens with zero attached hydrogens (tertiary/aromatic N) is 1. The lowest BCUT2D eigenvalue weighted by atomic mass is 10.2. The van der Waals surface area contributed by atoms with Crippen molar-refractivity contribution in [2.45, 2.75) is 38.6 Å². The zero-order valence-electron chi connectivity index (χ0n) is 11.9. The number of hydrogen-bond acceptors (Lipinski definition) is 3. The first kappa shape index (κ1) is 15.1. The number of anilines is 2. The van der Waals surface area contributed by atoms with Gasteiger partial charge in [-0.1, -0.05) is 11.6 Å². The second-order valence-electron chi connectivity index (χ2n) is 5.42. The van der Waals surface area contributed by atoms with Crippen molar-refractivity contribution < 1.29 is 4.79 Å². The fourth-order valence-electron chi connectivity index (χ4n) is 2.61. The summed E-state index contributed by atoms with van der Waals surface area (Å²) in [6.07, 6.45) is 3.94. The van der Waals surface area contributed by atoms with Gasteiger partial charge in [-0.2, -0.15) is 0 Å². The van der Waals surface area contributed by atoms with Gasteiger partial charge < -0.3 is 16.0 Å². The summed E-state index contributed by atoms with van der Waals surface area (Å²) < 4.78 is 0. The number of hydrogen-bond donors (Lipinski definition) is 2. The van der Waals surface area contributed by atoms with Gasteiger partial charge >= 0.3 is 0 Å². The summed E-state index contributed by atoms with van der Waals surface area (Å²) in [6.45, 7) is 4.40. The molecule has 0 spiro atoms. The highest BCUT2D eigenvalue weighted by molar-refractivity contribution is 6.34. The molecule has 0 saturated carbocycles. The van der Waals surface area contributed by atoms with Crippen molar-refractivity contribution in [3.8, 4) is 0 Å². The zero-order chi connectivity index (χ0) is 14.5. The van der Waals surface area contributed by atoms with Crippen molar-refractivity contribution >= 4 is 28.9 Å². The predicted octanol–water partition coefficient (Wildman–Crippen LogP) is 3.13. The minimum Gasteiger partial charge on any atom is -0.399 e. The van der Waals surface area contributed by atoms with Gasteiger partial charge in [0.2, 0.25) is 5.91 Å². The first-order valence-electron chi connectivity index (χ1n) is 7.15. The lowest BCUT2D eigenvalue weighted by Gasteiger charge is -2.20. The molecule has 1 amide bonds. The molecule has 3 N–H and O–H groups in total. The number of amides is 1. The van der Waals surface area contributed by atoms with Crippen LogP contribution < -0.4 is 11.1 Å². The van der Waals surface area contributed by atoms with Crippen LogP contribution in [-0.2, 0) is 4.79 Å². The topological polar surface area (TPSA) is 58.4 Å². The summed E-state index contributed by atoms with van der Waals surface area (Å²) in [5.41, 5.74) is 6.84. The zero-order valence-corrected chi connectivity index (χ0v) is 12.6. The molecule has 1 aliphatic rings. The summed E-state index contributed by atoms with van der Waals surface area (Å²) in [5, 5.41) is 3.31. The van der Waals surface area contributed by atoms with Crippen molar-refractivity contribution in [3.63, 3.8) is 0 Å². The number of carbonyl (C=O) groups excluding carboxylic acids is 1. The number of nitrogens with two attached hydrogens (primary N) is 1. The van der Waals surface area contributed by atoms with Crippen molar-refractivity contribution in [2.75, 3.05) is 24.1 Å². The highest BCUT2D eigenvalue weighted by Crippen LogP contribution is 2.24. The molecule has 1 aromatic rings. The van der Waals surface area contributed by atoms with E-state index in [1.54, 1.807) is 18.2 Å². The Bertz CT molecular complexity index is 478. The number of benzene rings is 1. The van der Waals surface area contributed by atoms with Crippen LogP contribution in [0.3, 0.4) is 0 Å². The van der Waals surface area contributed by atoms with E-state index in [0.717, 1.165) is 19.5 Å². The third-order valence-corrected chi connectivity index (χ3v) is 4.12. The van der Waals surface area contributed by atoms with Gasteiger partial charge in [0, 0.05) is 18.2 Å². The van der Waals surface area contributed by atoms with Gasteiger partial charge in [-0.15, -0.1) is 0 Å². The summed E-state index contributed by atoms with van der Waals surface area (Å²) in [7, 11) is 0. The average molecular weight is 296 g/mol. The number of nitrogen functional groups attached to an aromatic ring is 1. The van der Waals surface area contributed by atoms with Crippen molar-refractivity contribution in [1.29, 1.82) is 0 Å². The SMILES string of the molecule is CC1CCCN1CCCC(=O)Nc1ccc(N)cc1Cl. The van der Waals surface area contributed by atoms with Crippen LogP contribution in [-0.4, -0.2) is 29.9 Å². The van der Waals surface area contributed by atoms with Gasteiger partial charge in [-0.05, 0) is 57.5 Å². The van der Waals surface area contributed by atoms with E-state index in [1.807, 2.05) is 0 Å². The Morgan fingerprint density at radius 2 is 2.35 bits per heavy atom. The maximum Gasteiger partial charge on any atom is 0.224 e. The molecular formula is C15H22ClN3O. The molecule has 110 valence electrons. The molecule has 5 heteroatoms. The second-order valence-corrected chi connectivity index (χ2v) is 5.83. The van der Waals surface area contributed by atoms with Crippen LogP contribution in [0.2, 0.25) is 5.02 Å². The number of rotatable bonds is 5. The van der Waals surface area contributed by atoms with E-state index in [0.29, 0.717) is 28.9 Å². The normalized spacial score (nSPS) is 19.2. The molecular weight excluding hydrogens is 274 g/mol. The summed E-state index contributed by atoms with van der Waals surface area (Å²) >= 11 is 6.03. The Morgan fingerprint density at radius 1 is 1.55 bits per heavy atom. The molecule has 1 aliphatic heterocycles. The Hall–Kier alpha value is -1.26. The maximum atomic E-state index is 11.9. The fourth-order valence-corrected chi connectivity index (χ4v) is 2.85. The van der Waals surface area contributed by atoms with Gasteiger partial charge in [-0.25, -0.2) is 0 Å². The van der Waals surface area contributed by atoms with Crippen LogP contribution in [0.5, 0.6) is 0 Å². The number of halogens is 1. The first-order valence-corrected chi connectivity index (χ1v) is 7.53. The van der Waals surface area contributed by atoms with Gasteiger partial charge in [0.15, 0.2) is 0 Å². The Labute approximate surface area is 125 Å². The van der Waals surface area contributed by atoms with Crippen LogP contribution >= 0.6 is 11.6 Å². The molecule has 1 unspecified atom stereocenters. The Kier molecular flexibility index (Phi) is 5.26. The molecule has 0 aliphatic carbocycles. The monoisotopic (exact) mass is 295 g/mol. The first-order chi connectivity index (χ1) is 9.56. The summed E-state index contributed by atoms with van der Waals surface area (Å²) in [5.74, 6) is 0.00326. The third-order valence-electron chi connectivity index (χ3n) is 3.81. The van der Waals surface area contributed by atoms with Crippen LogP contribution in [0, 0.1) is 0 Å². The number of likely N-dealkylation sites (tertiary alicyclic amines) is 1. The molecule has 1 fully saturated rings. The van der Waals surface area contributed by atoms with E-state index in [1.165, 1.54) is 12.8 Å². The van der Waals surface area contributed by atoms with Crippen molar-refractivity contribution in [2.24, 2.45) is 0 Å². The van der Waals surface area contributed by atoms with Crippen LogP contribution in [0.25, 0.3) is 0 Å². The molecule has 1 heterocycles. The lowest BCUT2D eigenvalue weighted by Crippen LogP contribution is -2.28. The van der Waals surface area contributed by atoms with E-state index in [2.05, 4.69) is 17.1 Å². The number of nitrogens with one attached hydrogen (secondary N) is 1. The number of carbonyl (C=O) groups is 1. The second kappa shape index (κ2) is 6.95. The minimum atomic E-state index is 0.00326. The van der Waals surface area contributed by atoms with Gasteiger partial charge in [0.05, 0.1) is 10.7 Å². The molecule has 0 aromatic heterocycles. The molecule has 1 aromatic carbocycles. The van der Waals surface area contributed by atoms with Crippen LogP contribution in [0.4, 0.5) is 11.4 Å². The van der Waals surface area contributed by atoms with Crippen molar-refractivity contribution in [3.05, 3.63) is 23.2 Å². The molecule has 1 saturated heterocycles. The smallest absolute Gasteiger partial charge is 0.224 e. The molecule has 4 nitrogen and oxygen atoms in total. The Balaban J connectivity index is 1.75. The minimum absolute atomic E-state index is 0.00326. The van der Waals surface area contributed by atoms with Crippen LogP contribution in [0.1, 0.15) is 32.6 Å². The summed E-state index contributed by atoms with van der Waals surface area (Å²) in [6, 6.07) is 5.76. The van der Waals surface area contributed by atoms with E-state index in [9.17, 15) is 4.79 Å². The standard InChI is InChI=1S/C15H22ClN3O/c1-11-4-2-8-19(11)9-3-5-15(20)18-14-7-6-12(17)10-13(14)16/h6-7,10-11H,2-5,8-9,17H2,1H3,(H,18,20). The molecule has 2 rings (SSSR count). The van der Waals surface area contributed by atoms with E-state index < -0.39 is 0 Å². The highest BCUT2D eigenvalue weighted by atomic mass is 35.5. The van der Waals surface area contributed by atoms with E-state index in [4.69, 9.17) is 17.3 Å².